The van der Waals surface area contributed by atoms with Crippen LogP contribution in [0.4, 0.5) is 13.6 Å². The van der Waals surface area contributed by atoms with Gasteiger partial charge in [0.1, 0.15) is 33.8 Å². The number of amides is 1. The van der Waals surface area contributed by atoms with Crippen molar-refractivity contribution in [2.45, 2.75) is 52.0 Å². The minimum atomic E-state index is -0.913. The van der Waals surface area contributed by atoms with E-state index in [2.05, 4.69) is 26.1 Å². The minimum absolute atomic E-state index is 0.0350. The van der Waals surface area contributed by atoms with Gasteiger partial charge in [0, 0.05) is 21.7 Å². The minimum Gasteiger partial charge on any atom is -0.488 e. The Kier molecular flexibility index (Phi) is 7.81. The van der Waals surface area contributed by atoms with Crippen molar-refractivity contribution >= 4 is 45.0 Å². The fourth-order valence-electron chi connectivity index (χ4n) is 3.80. The Hall–Kier alpha value is -2.34. The van der Waals surface area contributed by atoms with Crippen molar-refractivity contribution in [3.8, 4) is 26.9 Å². The molecule has 1 aromatic heterocycles. The zero-order valence-corrected chi connectivity index (χ0v) is 23.9. The van der Waals surface area contributed by atoms with E-state index < -0.39 is 35.1 Å². The van der Waals surface area contributed by atoms with E-state index in [1.54, 1.807) is 40.7 Å². The molecular weight excluding hydrogens is 592 g/mol. The molecule has 0 unspecified atom stereocenters. The predicted octanol–water partition coefficient (Wildman–Crippen LogP) is 7.32. The van der Waals surface area contributed by atoms with Gasteiger partial charge < -0.3 is 14.2 Å². The van der Waals surface area contributed by atoms with E-state index in [0.717, 1.165) is 11.3 Å². The first-order valence-electron chi connectivity index (χ1n) is 11.3. The number of nitrogens with zero attached hydrogens (tertiary/aromatic N) is 3. The summed E-state index contributed by atoms with van der Waals surface area (Å²) < 4.78 is 46.4. The first-order valence-corrected chi connectivity index (χ1v) is 13.3. The number of carbonyl (C=O) groups is 1. The number of hydrogen-bond acceptors (Lipinski definition) is 7. The van der Waals surface area contributed by atoms with E-state index in [9.17, 15) is 9.18 Å². The number of aromatic nitrogens is 2. The van der Waals surface area contributed by atoms with Gasteiger partial charge in [-0.2, -0.15) is 0 Å². The Balaban J connectivity index is 1.51. The zero-order valence-electron chi connectivity index (χ0n) is 20.8. The number of rotatable bonds is 5. The third-order valence-electron chi connectivity index (χ3n) is 5.38. The van der Waals surface area contributed by atoms with Crippen molar-refractivity contribution < 1.29 is 27.8 Å². The molecule has 12 heteroatoms. The molecule has 0 bridgehead atoms. The van der Waals surface area contributed by atoms with Gasteiger partial charge in [-0.15, -0.1) is 10.2 Å². The van der Waals surface area contributed by atoms with Gasteiger partial charge in [-0.25, -0.2) is 13.6 Å². The molecule has 1 amide bonds. The van der Waals surface area contributed by atoms with E-state index >= 15 is 4.39 Å². The summed E-state index contributed by atoms with van der Waals surface area (Å²) in [5, 5.41) is 9.22. The number of hydrogen-bond donors (Lipinski definition) is 0. The SMILES string of the molecule is CC(C)(C)OC(=O)N1[C@@H](COc2cc(Cl)c(-c3nnc(-c4cc(F)cc(Br)c4)s3)cc2F)COC1(C)C. The van der Waals surface area contributed by atoms with Crippen LogP contribution in [-0.2, 0) is 9.47 Å². The van der Waals surface area contributed by atoms with Crippen molar-refractivity contribution in [3.05, 3.63) is 51.5 Å². The molecule has 37 heavy (non-hydrogen) atoms. The van der Waals surface area contributed by atoms with Crippen molar-refractivity contribution in [1.82, 2.24) is 15.1 Å². The van der Waals surface area contributed by atoms with Crippen LogP contribution in [0.15, 0.2) is 34.8 Å². The molecule has 3 aromatic rings. The van der Waals surface area contributed by atoms with Gasteiger partial charge in [0.15, 0.2) is 11.6 Å². The van der Waals surface area contributed by atoms with Crippen LogP contribution < -0.4 is 4.74 Å². The highest BCUT2D eigenvalue weighted by atomic mass is 79.9. The van der Waals surface area contributed by atoms with Crippen molar-refractivity contribution in [3.63, 3.8) is 0 Å². The summed E-state index contributed by atoms with van der Waals surface area (Å²) in [6.07, 6.45) is -0.546. The molecule has 1 aliphatic heterocycles. The van der Waals surface area contributed by atoms with E-state index in [-0.39, 0.29) is 24.0 Å². The third-order valence-corrected chi connectivity index (χ3v) is 7.16. The highest BCUT2D eigenvalue weighted by Crippen LogP contribution is 2.38. The van der Waals surface area contributed by atoms with E-state index in [1.807, 2.05) is 0 Å². The molecule has 0 N–H and O–H groups in total. The van der Waals surface area contributed by atoms with Crippen molar-refractivity contribution in [1.29, 1.82) is 0 Å². The fraction of sp³-hybridized carbons (Fsp3) is 0.400. The predicted molar refractivity (Wildman–Crippen MR) is 141 cm³/mol. The van der Waals surface area contributed by atoms with Gasteiger partial charge in [-0.05, 0) is 58.9 Å². The maximum atomic E-state index is 15.0. The summed E-state index contributed by atoms with van der Waals surface area (Å²) in [4.78, 5) is 14.3. The maximum absolute atomic E-state index is 15.0. The number of benzene rings is 2. The Morgan fingerprint density at radius 2 is 1.92 bits per heavy atom. The molecule has 1 aliphatic rings. The van der Waals surface area contributed by atoms with E-state index in [0.29, 0.717) is 25.6 Å². The molecule has 1 fully saturated rings. The van der Waals surface area contributed by atoms with Crippen LogP contribution in [-0.4, -0.2) is 51.8 Å². The van der Waals surface area contributed by atoms with Crippen LogP contribution in [0, 0.1) is 11.6 Å². The summed E-state index contributed by atoms with van der Waals surface area (Å²) in [6, 6.07) is 6.44. The van der Waals surface area contributed by atoms with Gasteiger partial charge >= 0.3 is 6.09 Å². The van der Waals surface area contributed by atoms with Crippen LogP contribution in [0.25, 0.3) is 21.1 Å². The number of carbonyl (C=O) groups excluding carboxylic acids is 1. The second-order valence-corrected chi connectivity index (χ2v) is 12.2. The maximum Gasteiger partial charge on any atom is 0.413 e. The largest absolute Gasteiger partial charge is 0.488 e. The third kappa shape index (κ3) is 6.39. The smallest absolute Gasteiger partial charge is 0.413 e. The highest BCUT2D eigenvalue weighted by Gasteiger charge is 2.46. The second kappa shape index (κ2) is 10.4. The first-order chi connectivity index (χ1) is 17.2. The quantitative estimate of drug-likeness (QED) is 0.299. The monoisotopic (exact) mass is 615 g/mol. The Labute approximate surface area is 230 Å². The summed E-state index contributed by atoms with van der Waals surface area (Å²) in [7, 11) is 0. The van der Waals surface area contributed by atoms with Gasteiger partial charge in [0.2, 0.25) is 0 Å². The van der Waals surface area contributed by atoms with Crippen LogP contribution in [0.1, 0.15) is 34.6 Å². The van der Waals surface area contributed by atoms with Gasteiger partial charge in [-0.3, -0.25) is 4.90 Å². The van der Waals surface area contributed by atoms with Gasteiger partial charge in [0.25, 0.3) is 0 Å². The van der Waals surface area contributed by atoms with Crippen molar-refractivity contribution in [2.75, 3.05) is 13.2 Å². The standard InChI is InChI=1S/C25H25BrClF2N3O4S/c1-24(2,3)36-23(33)32-16(12-35-25(32,4)5)11-34-20-10-18(27)17(9-19(20)29)22-31-30-21(37-22)13-6-14(26)8-15(28)7-13/h6-10,16H,11-12H2,1-5H3/t16-/m0/s1. The fourth-order valence-corrected chi connectivity index (χ4v) is 5.43. The highest BCUT2D eigenvalue weighted by molar-refractivity contribution is 9.10. The molecule has 0 radical (unpaired) electrons. The average molecular weight is 617 g/mol. The summed E-state index contributed by atoms with van der Waals surface area (Å²) in [5.41, 5.74) is -0.745. The van der Waals surface area contributed by atoms with Gasteiger partial charge in [-0.1, -0.05) is 38.9 Å². The van der Waals surface area contributed by atoms with E-state index in [1.165, 1.54) is 29.2 Å². The van der Waals surface area contributed by atoms with Crippen LogP contribution in [0.3, 0.4) is 0 Å². The lowest BCUT2D eigenvalue weighted by Gasteiger charge is -2.35. The average Bonchev–Trinajstić information content (AvgIpc) is 3.36. The van der Waals surface area contributed by atoms with E-state index in [4.69, 9.17) is 25.8 Å². The molecule has 4 rings (SSSR count). The number of halogens is 4. The van der Waals surface area contributed by atoms with Crippen LogP contribution in [0.2, 0.25) is 5.02 Å². The lowest BCUT2D eigenvalue weighted by molar-refractivity contribution is -0.0637. The summed E-state index contributed by atoms with van der Waals surface area (Å²) in [6.45, 7) is 8.99. The lowest BCUT2D eigenvalue weighted by atomic mass is 10.2. The normalized spacial score (nSPS) is 17.2. The van der Waals surface area contributed by atoms with Gasteiger partial charge in [0.05, 0.1) is 17.7 Å². The topological polar surface area (TPSA) is 73.8 Å². The zero-order chi connectivity index (χ0) is 27.1. The molecular formula is C25H25BrClF2N3O4S. The van der Waals surface area contributed by atoms with Crippen molar-refractivity contribution in [2.24, 2.45) is 0 Å². The molecule has 198 valence electrons. The first kappa shape index (κ1) is 27.7. The summed E-state index contributed by atoms with van der Waals surface area (Å²) in [5.74, 6) is -1.17. The molecule has 2 heterocycles. The summed E-state index contributed by atoms with van der Waals surface area (Å²) >= 11 is 10.9. The molecule has 0 saturated carbocycles. The molecule has 1 atom stereocenters. The molecule has 1 saturated heterocycles. The lowest BCUT2D eigenvalue weighted by Crippen LogP contribution is -2.51. The Morgan fingerprint density at radius 3 is 2.59 bits per heavy atom. The molecule has 0 spiro atoms. The van der Waals surface area contributed by atoms with Crippen LogP contribution >= 0.6 is 38.9 Å². The van der Waals surface area contributed by atoms with Crippen LogP contribution in [0.5, 0.6) is 5.75 Å². The Morgan fingerprint density at radius 1 is 1.22 bits per heavy atom. The second-order valence-electron chi connectivity index (χ2n) is 9.91. The Bertz CT molecular complexity index is 1310. The molecule has 0 aliphatic carbocycles. The molecule has 7 nitrogen and oxygen atoms in total. The molecule has 2 aromatic carbocycles. The number of ether oxygens (including phenoxy) is 3.